The number of aromatic nitrogens is 2. The van der Waals surface area contributed by atoms with Crippen molar-refractivity contribution in [2.45, 2.75) is 18.2 Å². The summed E-state index contributed by atoms with van der Waals surface area (Å²) < 4.78 is 24.7. The van der Waals surface area contributed by atoms with Crippen LogP contribution in [0.4, 0.5) is 0 Å². The molecule has 39 heavy (non-hydrogen) atoms. The van der Waals surface area contributed by atoms with Gasteiger partial charge in [-0.25, -0.2) is 4.79 Å². The molecule has 1 atom stereocenters. The van der Waals surface area contributed by atoms with Crippen LogP contribution in [0.1, 0.15) is 16.7 Å². The number of H-pyrrole nitrogens is 1. The zero-order valence-electron chi connectivity index (χ0n) is 21.9. The van der Waals surface area contributed by atoms with E-state index in [1.807, 2.05) is 78.9 Å². The minimum atomic E-state index is -1.05. The van der Waals surface area contributed by atoms with Crippen LogP contribution in [0.15, 0.2) is 101 Å². The Morgan fingerprint density at radius 1 is 0.821 bits per heavy atom. The molecule has 0 amide bonds. The van der Waals surface area contributed by atoms with Crippen molar-refractivity contribution in [1.29, 1.82) is 0 Å². The van der Waals surface area contributed by atoms with Crippen molar-refractivity contribution >= 4 is 0 Å². The first-order chi connectivity index (χ1) is 19.0. The summed E-state index contributed by atoms with van der Waals surface area (Å²) in [6.45, 7) is 0.0808. The van der Waals surface area contributed by atoms with Crippen LogP contribution in [0, 0.1) is 0 Å². The number of aliphatic hydroxyl groups is 1. The van der Waals surface area contributed by atoms with Crippen molar-refractivity contribution in [3.63, 3.8) is 0 Å². The average molecular weight is 533 g/mol. The number of ether oxygens (including phenoxy) is 4. The first-order valence-corrected chi connectivity index (χ1v) is 12.5. The Labute approximate surface area is 226 Å². The number of nitrogens with one attached hydrogen (secondary N) is 1. The van der Waals surface area contributed by atoms with E-state index in [2.05, 4.69) is 4.98 Å². The molecule has 3 aromatic carbocycles. The van der Waals surface area contributed by atoms with Gasteiger partial charge in [0.05, 0.1) is 40.6 Å². The largest absolute Gasteiger partial charge is 0.497 e. The van der Waals surface area contributed by atoms with Gasteiger partial charge in [-0.3, -0.25) is 14.3 Å². The highest BCUT2D eigenvalue weighted by Gasteiger charge is 2.38. The third-order valence-corrected chi connectivity index (χ3v) is 6.45. The second-order valence-corrected chi connectivity index (χ2v) is 8.79. The maximum atomic E-state index is 12.0. The normalized spacial score (nSPS) is 12.2. The number of aromatic amines is 1. The Hall–Kier alpha value is -4.18. The number of rotatable bonds is 13. The lowest BCUT2D eigenvalue weighted by molar-refractivity contribution is -0.0822. The lowest BCUT2D eigenvalue weighted by Gasteiger charge is -2.37. The van der Waals surface area contributed by atoms with Crippen LogP contribution in [-0.4, -0.2) is 54.8 Å². The van der Waals surface area contributed by atoms with E-state index in [0.717, 1.165) is 16.7 Å². The van der Waals surface area contributed by atoms with Crippen molar-refractivity contribution in [2.24, 2.45) is 0 Å². The van der Waals surface area contributed by atoms with Gasteiger partial charge in [-0.15, -0.1) is 0 Å². The van der Waals surface area contributed by atoms with E-state index in [4.69, 9.17) is 18.9 Å². The molecule has 1 unspecified atom stereocenters. The van der Waals surface area contributed by atoms with Crippen molar-refractivity contribution in [3.05, 3.63) is 129 Å². The molecule has 0 aliphatic rings. The van der Waals surface area contributed by atoms with E-state index in [-0.39, 0.29) is 26.4 Å². The maximum Gasteiger partial charge on any atom is 0.328 e. The van der Waals surface area contributed by atoms with Crippen molar-refractivity contribution in [1.82, 2.24) is 9.55 Å². The summed E-state index contributed by atoms with van der Waals surface area (Å²) in [5.41, 5.74) is 0.564. The molecule has 0 saturated carbocycles. The maximum absolute atomic E-state index is 12.0. The molecule has 0 spiro atoms. The Balaban J connectivity index is 1.66. The van der Waals surface area contributed by atoms with Crippen LogP contribution in [0.5, 0.6) is 11.5 Å². The number of hydrogen-bond acceptors (Lipinski definition) is 7. The van der Waals surface area contributed by atoms with Crippen LogP contribution in [0.3, 0.4) is 0 Å². The molecule has 0 aliphatic carbocycles. The molecule has 4 aromatic rings. The molecule has 9 heteroatoms. The minimum Gasteiger partial charge on any atom is -0.497 e. The number of benzene rings is 3. The highest BCUT2D eigenvalue weighted by molar-refractivity contribution is 5.49. The second kappa shape index (κ2) is 13.1. The molecule has 0 fully saturated rings. The molecule has 0 bridgehead atoms. The zero-order valence-corrected chi connectivity index (χ0v) is 21.9. The minimum absolute atomic E-state index is 0.0456. The lowest BCUT2D eigenvalue weighted by atomic mass is 9.80. The van der Waals surface area contributed by atoms with Gasteiger partial charge in [0.15, 0.2) is 0 Å². The molecule has 0 radical (unpaired) electrons. The smallest absolute Gasteiger partial charge is 0.328 e. The summed E-state index contributed by atoms with van der Waals surface area (Å²) in [5, 5.41) is 10.1. The van der Waals surface area contributed by atoms with Crippen molar-refractivity contribution in [3.8, 4) is 11.5 Å². The Morgan fingerprint density at radius 2 is 1.38 bits per heavy atom. The fraction of sp³-hybridized carbons (Fsp3) is 0.267. The second-order valence-electron chi connectivity index (χ2n) is 8.79. The predicted octanol–water partition coefficient (Wildman–Crippen LogP) is 2.94. The number of methoxy groups -OCH3 is 2. The monoisotopic (exact) mass is 532 g/mol. The molecule has 0 saturated heterocycles. The SMILES string of the molecule is COc1ccc(C(OCC(CO)OCCn2ccc(=O)[nH]c2=O)(c2ccccc2)c2ccc(OC)cc2)cc1. The van der Waals surface area contributed by atoms with Crippen LogP contribution in [0.2, 0.25) is 0 Å². The van der Waals surface area contributed by atoms with Gasteiger partial charge >= 0.3 is 5.69 Å². The first kappa shape index (κ1) is 27.8. The number of hydrogen-bond donors (Lipinski definition) is 2. The van der Waals surface area contributed by atoms with E-state index in [1.54, 1.807) is 14.2 Å². The van der Waals surface area contributed by atoms with Gasteiger partial charge in [0, 0.05) is 12.3 Å². The summed E-state index contributed by atoms with van der Waals surface area (Å²) in [7, 11) is 3.23. The Morgan fingerprint density at radius 3 is 1.90 bits per heavy atom. The summed E-state index contributed by atoms with van der Waals surface area (Å²) >= 11 is 0. The van der Waals surface area contributed by atoms with E-state index in [0.29, 0.717) is 11.5 Å². The summed E-state index contributed by atoms with van der Waals surface area (Å²) in [4.78, 5) is 25.5. The molecule has 204 valence electrons. The molecule has 4 rings (SSSR count). The molecule has 2 N–H and O–H groups in total. The predicted molar refractivity (Wildman–Crippen MR) is 146 cm³/mol. The summed E-state index contributed by atoms with van der Waals surface area (Å²) in [6, 6.07) is 26.4. The molecule has 9 nitrogen and oxygen atoms in total. The molecular weight excluding hydrogens is 500 g/mol. The van der Waals surface area contributed by atoms with Crippen LogP contribution in [0.25, 0.3) is 0 Å². The van der Waals surface area contributed by atoms with Crippen LogP contribution in [-0.2, 0) is 21.6 Å². The molecular formula is C30H32N2O7. The Kier molecular flexibility index (Phi) is 9.32. The standard InChI is InChI=1S/C30H32N2O7/c1-36-25-12-8-23(9-13-25)30(22-6-4-3-5-7-22,24-10-14-26(37-2)15-11-24)39-21-27(20-33)38-19-18-32-17-16-28(34)31-29(32)35/h3-17,27,33H,18-21H2,1-2H3,(H,31,34,35). The fourth-order valence-electron chi connectivity index (χ4n) is 4.38. The van der Waals surface area contributed by atoms with Crippen molar-refractivity contribution < 1.29 is 24.1 Å². The van der Waals surface area contributed by atoms with E-state index < -0.39 is 23.0 Å². The third-order valence-electron chi connectivity index (χ3n) is 6.45. The highest BCUT2D eigenvalue weighted by Crippen LogP contribution is 2.41. The molecule has 1 aromatic heterocycles. The van der Waals surface area contributed by atoms with E-state index >= 15 is 0 Å². The van der Waals surface area contributed by atoms with Crippen LogP contribution >= 0.6 is 0 Å². The third kappa shape index (κ3) is 6.46. The van der Waals surface area contributed by atoms with Gasteiger partial charge in [0.25, 0.3) is 5.56 Å². The van der Waals surface area contributed by atoms with E-state index in [1.165, 1.54) is 16.8 Å². The van der Waals surface area contributed by atoms with E-state index in [9.17, 15) is 14.7 Å². The molecule has 1 heterocycles. The summed E-state index contributed by atoms with van der Waals surface area (Å²) in [5.74, 6) is 1.43. The van der Waals surface area contributed by atoms with Gasteiger partial charge < -0.3 is 24.1 Å². The zero-order chi connectivity index (χ0) is 27.7. The van der Waals surface area contributed by atoms with Gasteiger partial charge in [-0.05, 0) is 41.0 Å². The highest BCUT2D eigenvalue weighted by atomic mass is 16.6. The quantitative estimate of drug-likeness (QED) is 0.255. The van der Waals surface area contributed by atoms with Gasteiger partial charge in [0.1, 0.15) is 23.2 Å². The Bertz CT molecular complexity index is 1380. The van der Waals surface area contributed by atoms with Gasteiger partial charge in [0.2, 0.25) is 0 Å². The number of aliphatic hydroxyl groups excluding tert-OH is 1. The molecule has 0 aliphatic heterocycles. The average Bonchev–Trinajstić information content (AvgIpc) is 2.98. The fourth-order valence-corrected chi connectivity index (χ4v) is 4.38. The first-order valence-electron chi connectivity index (χ1n) is 12.5. The van der Waals surface area contributed by atoms with Crippen molar-refractivity contribution in [2.75, 3.05) is 34.0 Å². The van der Waals surface area contributed by atoms with Crippen LogP contribution < -0.4 is 20.7 Å². The van der Waals surface area contributed by atoms with Gasteiger partial charge in [-0.1, -0.05) is 54.6 Å². The number of nitrogens with zero attached hydrogens (tertiary/aromatic N) is 1. The van der Waals surface area contributed by atoms with Gasteiger partial charge in [-0.2, -0.15) is 0 Å². The summed E-state index contributed by atoms with van der Waals surface area (Å²) in [6.07, 6.45) is 0.728. The lowest BCUT2D eigenvalue weighted by Crippen LogP contribution is -2.38. The topological polar surface area (TPSA) is 112 Å².